The molecule has 1 N–H and O–H groups in total. The molecule has 0 unspecified atom stereocenters. The Hall–Kier alpha value is -2.59. The zero-order valence-corrected chi connectivity index (χ0v) is 12.1. The van der Waals surface area contributed by atoms with E-state index in [0.29, 0.717) is 13.2 Å². The highest BCUT2D eigenvalue weighted by Gasteiger charge is 2.13. The van der Waals surface area contributed by atoms with E-state index in [-0.39, 0.29) is 29.8 Å². The summed E-state index contributed by atoms with van der Waals surface area (Å²) in [7, 11) is 1.62. The SMILES string of the molecule is COCCCNc1oc(COc2ccccc2F)nc1C#N. The molecule has 1 heterocycles. The van der Waals surface area contributed by atoms with E-state index in [1.807, 2.05) is 6.07 Å². The Kier molecular flexibility index (Phi) is 5.74. The second-order valence-electron chi connectivity index (χ2n) is 4.39. The van der Waals surface area contributed by atoms with Gasteiger partial charge >= 0.3 is 0 Å². The van der Waals surface area contributed by atoms with Crippen LogP contribution >= 0.6 is 0 Å². The highest BCUT2D eigenvalue weighted by molar-refractivity contribution is 5.45. The zero-order chi connectivity index (χ0) is 15.8. The third-order valence-corrected chi connectivity index (χ3v) is 2.78. The number of nitrogens with one attached hydrogen (secondary N) is 1. The van der Waals surface area contributed by atoms with Crippen LogP contribution in [0.1, 0.15) is 18.0 Å². The van der Waals surface area contributed by atoms with E-state index in [1.165, 1.54) is 12.1 Å². The van der Waals surface area contributed by atoms with Gasteiger partial charge in [-0.3, -0.25) is 0 Å². The summed E-state index contributed by atoms with van der Waals surface area (Å²) in [6.45, 7) is 1.13. The molecule has 116 valence electrons. The molecule has 2 aromatic rings. The fourth-order valence-corrected chi connectivity index (χ4v) is 1.74. The van der Waals surface area contributed by atoms with Gasteiger partial charge in [-0.05, 0) is 18.6 Å². The number of oxazole rings is 1. The van der Waals surface area contributed by atoms with Crippen LogP contribution in [0.15, 0.2) is 28.7 Å². The topological polar surface area (TPSA) is 80.3 Å². The molecule has 0 saturated heterocycles. The number of para-hydroxylation sites is 1. The molecule has 0 atom stereocenters. The molecule has 0 aliphatic carbocycles. The molecule has 22 heavy (non-hydrogen) atoms. The summed E-state index contributed by atoms with van der Waals surface area (Å²) in [5, 5.41) is 12.0. The van der Waals surface area contributed by atoms with Crippen molar-refractivity contribution in [1.82, 2.24) is 4.98 Å². The number of rotatable bonds is 8. The Balaban J connectivity index is 1.96. The van der Waals surface area contributed by atoms with Gasteiger partial charge in [0.15, 0.2) is 18.2 Å². The smallest absolute Gasteiger partial charge is 0.236 e. The van der Waals surface area contributed by atoms with Gasteiger partial charge in [-0.25, -0.2) is 4.39 Å². The molecular formula is C15H16FN3O3. The van der Waals surface area contributed by atoms with Crippen LogP contribution in [-0.2, 0) is 11.3 Å². The van der Waals surface area contributed by atoms with Crippen molar-refractivity contribution in [3.05, 3.63) is 41.7 Å². The van der Waals surface area contributed by atoms with E-state index in [1.54, 1.807) is 19.2 Å². The van der Waals surface area contributed by atoms with Gasteiger partial charge in [0.1, 0.15) is 6.07 Å². The lowest BCUT2D eigenvalue weighted by atomic mass is 10.3. The Morgan fingerprint density at radius 3 is 2.95 bits per heavy atom. The summed E-state index contributed by atoms with van der Waals surface area (Å²) >= 11 is 0. The lowest BCUT2D eigenvalue weighted by molar-refractivity contribution is 0.197. The van der Waals surface area contributed by atoms with Crippen LogP contribution in [0.3, 0.4) is 0 Å². The summed E-state index contributed by atoms with van der Waals surface area (Å²) in [5.74, 6) is 0.126. The third-order valence-electron chi connectivity index (χ3n) is 2.78. The molecule has 0 bridgehead atoms. The number of ether oxygens (including phenoxy) is 2. The molecule has 0 aliphatic heterocycles. The van der Waals surface area contributed by atoms with Crippen molar-refractivity contribution in [3.8, 4) is 11.8 Å². The largest absolute Gasteiger partial charge is 0.481 e. The van der Waals surface area contributed by atoms with Gasteiger partial charge in [0.05, 0.1) is 0 Å². The van der Waals surface area contributed by atoms with E-state index in [4.69, 9.17) is 19.2 Å². The van der Waals surface area contributed by atoms with Crippen molar-refractivity contribution in [2.45, 2.75) is 13.0 Å². The van der Waals surface area contributed by atoms with Crippen molar-refractivity contribution in [1.29, 1.82) is 5.26 Å². The second-order valence-corrected chi connectivity index (χ2v) is 4.39. The maximum Gasteiger partial charge on any atom is 0.236 e. The number of hydrogen-bond acceptors (Lipinski definition) is 6. The molecule has 0 radical (unpaired) electrons. The van der Waals surface area contributed by atoms with E-state index in [9.17, 15) is 4.39 Å². The molecule has 0 amide bonds. The molecule has 1 aromatic carbocycles. The van der Waals surface area contributed by atoms with Crippen molar-refractivity contribution in [2.24, 2.45) is 0 Å². The van der Waals surface area contributed by atoms with Crippen molar-refractivity contribution >= 4 is 5.88 Å². The number of benzene rings is 1. The number of anilines is 1. The van der Waals surface area contributed by atoms with E-state index >= 15 is 0 Å². The van der Waals surface area contributed by atoms with Gasteiger partial charge in [-0.15, -0.1) is 0 Å². The third kappa shape index (κ3) is 4.20. The molecule has 0 aliphatic rings. The first kappa shape index (κ1) is 15.8. The minimum atomic E-state index is -0.465. The predicted molar refractivity (Wildman–Crippen MR) is 76.9 cm³/mol. The Bertz CT molecular complexity index is 652. The van der Waals surface area contributed by atoms with Gasteiger partial charge in [0.25, 0.3) is 0 Å². The lowest BCUT2D eigenvalue weighted by Crippen LogP contribution is -2.04. The van der Waals surface area contributed by atoms with Crippen LogP contribution in [0.5, 0.6) is 5.75 Å². The number of nitriles is 1. The molecular weight excluding hydrogens is 289 g/mol. The van der Waals surface area contributed by atoms with Crippen molar-refractivity contribution in [3.63, 3.8) is 0 Å². The fourth-order valence-electron chi connectivity index (χ4n) is 1.74. The molecule has 0 saturated carbocycles. The Labute approximate surface area is 127 Å². The number of nitrogens with zero attached hydrogens (tertiary/aromatic N) is 2. The van der Waals surface area contributed by atoms with Crippen LogP contribution in [0.2, 0.25) is 0 Å². The summed E-state index contributed by atoms with van der Waals surface area (Å²) in [6.07, 6.45) is 0.767. The zero-order valence-electron chi connectivity index (χ0n) is 12.1. The first-order chi connectivity index (χ1) is 10.7. The van der Waals surface area contributed by atoms with Crippen LogP contribution in [-0.4, -0.2) is 25.2 Å². The highest BCUT2D eigenvalue weighted by atomic mass is 19.1. The standard InChI is InChI=1S/C15H16FN3O3/c1-20-8-4-7-18-15-12(9-17)19-14(22-15)10-21-13-6-3-2-5-11(13)16/h2-3,5-6,18H,4,7-8,10H2,1H3. The fraction of sp³-hybridized carbons (Fsp3) is 0.333. The lowest BCUT2D eigenvalue weighted by Gasteiger charge is -2.04. The number of halogens is 1. The predicted octanol–water partition coefficient (Wildman–Crippen LogP) is 2.71. The maximum atomic E-state index is 13.4. The molecule has 0 spiro atoms. The molecule has 6 nitrogen and oxygen atoms in total. The molecule has 2 rings (SSSR count). The van der Waals surface area contributed by atoms with Gasteiger partial charge in [-0.1, -0.05) is 12.1 Å². The molecule has 7 heteroatoms. The number of methoxy groups -OCH3 is 1. The minimum Gasteiger partial charge on any atom is -0.481 e. The number of hydrogen-bond donors (Lipinski definition) is 1. The van der Waals surface area contributed by atoms with Crippen LogP contribution in [0.25, 0.3) is 0 Å². The van der Waals surface area contributed by atoms with Gasteiger partial charge in [0, 0.05) is 20.3 Å². The highest BCUT2D eigenvalue weighted by Crippen LogP contribution is 2.20. The first-order valence-corrected chi connectivity index (χ1v) is 6.74. The summed E-state index contributed by atoms with van der Waals surface area (Å²) in [4.78, 5) is 4.00. The first-order valence-electron chi connectivity index (χ1n) is 6.74. The monoisotopic (exact) mass is 305 g/mol. The van der Waals surface area contributed by atoms with E-state index in [2.05, 4.69) is 10.3 Å². The second kappa shape index (κ2) is 8.00. The maximum absolute atomic E-state index is 13.4. The van der Waals surface area contributed by atoms with Crippen molar-refractivity contribution < 1.29 is 18.3 Å². The van der Waals surface area contributed by atoms with Crippen LogP contribution in [0, 0.1) is 17.1 Å². The quantitative estimate of drug-likeness (QED) is 0.755. The summed E-state index contributed by atoms with van der Waals surface area (Å²) in [6, 6.07) is 7.98. The van der Waals surface area contributed by atoms with Crippen molar-refractivity contribution in [2.75, 3.05) is 25.6 Å². The average molecular weight is 305 g/mol. The van der Waals surface area contributed by atoms with Crippen LogP contribution in [0.4, 0.5) is 10.3 Å². The van der Waals surface area contributed by atoms with E-state index in [0.717, 1.165) is 6.42 Å². The molecule has 1 aromatic heterocycles. The van der Waals surface area contributed by atoms with Gasteiger partial charge in [-0.2, -0.15) is 10.2 Å². The Morgan fingerprint density at radius 1 is 1.41 bits per heavy atom. The molecule has 0 fully saturated rings. The summed E-state index contributed by atoms with van der Waals surface area (Å²) < 4.78 is 29.1. The minimum absolute atomic E-state index is 0.0602. The van der Waals surface area contributed by atoms with Gasteiger partial charge in [0.2, 0.25) is 17.5 Å². The van der Waals surface area contributed by atoms with E-state index < -0.39 is 5.82 Å². The Morgan fingerprint density at radius 2 is 2.23 bits per heavy atom. The normalized spacial score (nSPS) is 10.2. The average Bonchev–Trinajstić information content (AvgIpc) is 2.93. The van der Waals surface area contributed by atoms with Gasteiger partial charge < -0.3 is 19.2 Å². The number of aromatic nitrogens is 1. The van der Waals surface area contributed by atoms with Crippen LogP contribution < -0.4 is 10.1 Å². The summed E-state index contributed by atoms with van der Waals surface area (Å²) in [5.41, 5.74) is 0.143.